The molecule has 48 heavy (non-hydrogen) atoms. The molecule has 0 spiro atoms. The molecular formula is C36H32F5N3O3S. The molecule has 12 heteroatoms. The molecule has 6 nitrogen and oxygen atoms in total. The lowest BCUT2D eigenvalue weighted by Gasteiger charge is -2.25. The van der Waals surface area contributed by atoms with Crippen LogP contribution in [0.15, 0.2) is 96.5 Å². The molecule has 1 aromatic heterocycles. The van der Waals surface area contributed by atoms with E-state index in [1.165, 1.54) is 35.6 Å². The number of carbonyl (C=O) groups excluding carboxylic acids is 1. The summed E-state index contributed by atoms with van der Waals surface area (Å²) in [5, 5.41) is 19.7. The Morgan fingerprint density at radius 2 is 1.60 bits per heavy atom. The molecule has 0 aliphatic heterocycles. The van der Waals surface area contributed by atoms with Gasteiger partial charge in [-0.15, -0.1) is 24.5 Å². The molecule has 1 heterocycles. The summed E-state index contributed by atoms with van der Waals surface area (Å²) in [5.74, 6) is -2.54. The Morgan fingerprint density at radius 3 is 2.27 bits per heavy atom. The highest BCUT2D eigenvalue weighted by molar-refractivity contribution is 7.13. The minimum absolute atomic E-state index is 0.0653. The highest BCUT2D eigenvalue weighted by Crippen LogP contribution is 2.32. The number of alkyl halides is 3. The second-order valence-corrected chi connectivity index (χ2v) is 12.0. The second-order valence-electron chi connectivity index (χ2n) is 11.1. The fourth-order valence-corrected chi connectivity index (χ4v) is 5.87. The summed E-state index contributed by atoms with van der Waals surface area (Å²) < 4.78 is 70.2. The van der Waals surface area contributed by atoms with Crippen LogP contribution in [-0.4, -0.2) is 41.1 Å². The van der Waals surface area contributed by atoms with Crippen LogP contribution in [0.4, 0.5) is 22.0 Å². The number of hydrogen-bond donors (Lipinski definition) is 3. The standard InChI is InChI=1S/C36H32F5N3O3S/c1-2-22-4-3-5-23(12-22)20-42-21-33(45)32(15-24-13-29(37)19-30(38)14-24)44-34(46)27-16-26(17-28(18-27)35-43-10-11-48-35)25-6-8-31(9-7-25)47-36(39,40)41/h3-14,16-19,32-33,42,45H,2,15,20-21H2,1H3,(H,44,46)/t32-,33+/m0/s1. The van der Waals surface area contributed by atoms with Crippen molar-refractivity contribution < 1.29 is 36.6 Å². The van der Waals surface area contributed by atoms with Gasteiger partial charge >= 0.3 is 6.36 Å². The SMILES string of the molecule is CCc1cccc(CNC[C@@H](O)[C@H](Cc2cc(F)cc(F)c2)NC(=O)c2cc(-c3ccc(OC(F)(F)F)cc3)cc(-c3nccs3)c2)c1. The summed E-state index contributed by atoms with van der Waals surface area (Å²) in [4.78, 5) is 18.1. The lowest BCUT2D eigenvalue weighted by molar-refractivity contribution is -0.274. The number of halogens is 5. The molecule has 0 aliphatic rings. The third-order valence-corrected chi connectivity index (χ3v) is 8.36. The number of hydrogen-bond acceptors (Lipinski definition) is 6. The number of nitrogens with one attached hydrogen (secondary N) is 2. The highest BCUT2D eigenvalue weighted by Gasteiger charge is 2.31. The van der Waals surface area contributed by atoms with Crippen LogP contribution in [0.25, 0.3) is 21.7 Å². The van der Waals surface area contributed by atoms with E-state index in [9.17, 15) is 31.9 Å². The van der Waals surface area contributed by atoms with Crippen LogP contribution in [0.1, 0.15) is 34.0 Å². The maximum absolute atomic E-state index is 14.1. The number of thiazole rings is 1. The Hall–Kier alpha value is -4.65. The van der Waals surface area contributed by atoms with Crippen LogP contribution in [0.3, 0.4) is 0 Å². The number of amides is 1. The van der Waals surface area contributed by atoms with Crippen molar-refractivity contribution >= 4 is 17.2 Å². The summed E-state index contributed by atoms with van der Waals surface area (Å²) >= 11 is 1.33. The first-order valence-corrected chi connectivity index (χ1v) is 16.0. The molecule has 0 saturated heterocycles. The van der Waals surface area contributed by atoms with E-state index in [4.69, 9.17) is 0 Å². The third-order valence-electron chi connectivity index (χ3n) is 7.54. The normalized spacial score (nSPS) is 12.8. The van der Waals surface area contributed by atoms with Crippen molar-refractivity contribution in [2.75, 3.05) is 6.54 Å². The number of nitrogens with zero attached hydrogens (tertiary/aromatic N) is 1. The van der Waals surface area contributed by atoms with Crippen molar-refractivity contribution in [1.82, 2.24) is 15.6 Å². The third kappa shape index (κ3) is 9.69. The van der Waals surface area contributed by atoms with Gasteiger partial charge in [0.25, 0.3) is 5.91 Å². The first-order chi connectivity index (χ1) is 23.0. The fraction of sp³-hybridized carbons (Fsp3) is 0.222. The fourth-order valence-electron chi connectivity index (χ4n) is 5.25. The highest BCUT2D eigenvalue weighted by atomic mass is 32.1. The van der Waals surface area contributed by atoms with Crippen LogP contribution in [0.5, 0.6) is 5.75 Å². The molecule has 0 bridgehead atoms. The Kier molecular flexibility index (Phi) is 11.2. The van der Waals surface area contributed by atoms with Gasteiger partial charge < -0.3 is 20.5 Å². The Bertz CT molecular complexity index is 1810. The lowest BCUT2D eigenvalue weighted by atomic mass is 9.97. The maximum atomic E-state index is 14.1. The molecule has 0 radical (unpaired) electrons. The maximum Gasteiger partial charge on any atom is 0.573 e. The van der Waals surface area contributed by atoms with E-state index in [1.54, 1.807) is 29.8 Å². The molecule has 0 fully saturated rings. The minimum atomic E-state index is -4.84. The summed E-state index contributed by atoms with van der Waals surface area (Å²) in [6.45, 7) is 2.57. The van der Waals surface area contributed by atoms with Gasteiger partial charge in [-0.3, -0.25) is 4.79 Å². The second kappa shape index (κ2) is 15.5. The zero-order valence-electron chi connectivity index (χ0n) is 25.7. The van der Waals surface area contributed by atoms with Gasteiger partial charge in [0.1, 0.15) is 22.4 Å². The zero-order valence-corrected chi connectivity index (χ0v) is 26.5. The largest absolute Gasteiger partial charge is 0.573 e. The lowest BCUT2D eigenvalue weighted by Crippen LogP contribution is -2.48. The van der Waals surface area contributed by atoms with Gasteiger partial charge in [0.15, 0.2) is 0 Å². The first kappa shape index (κ1) is 34.7. The molecule has 5 rings (SSSR count). The molecule has 0 saturated carbocycles. The minimum Gasteiger partial charge on any atom is -0.406 e. The van der Waals surface area contributed by atoms with Gasteiger partial charge in [-0.2, -0.15) is 0 Å². The molecule has 2 atom stereocenters. The summed E-state index contributed by atoms with van der Waals surface area (Å²) in [6, 6.07) is 20.2. The average molecular weight is 682 g/mol. The molecule has 1 amide bonds. The number of benzene rings is 4. The van der Waals surface area contributed by atoms with Crippen LogP contribution >= 0.6 is 11.3 Å². The molecular weight excluding hydrogens is 649 g/mol. The number of aliphatic hydroxyl groups excluding tert-OH is 1. The van der Waals surface area contributed by atoms with Crippen LogP contribution in [-0.2, 0) is 19.4 Å². The van der Waals surface area contributed by atoms with E-state index in [0.29, 0.717) is 28.2 Å². The van der Waals surface area contributed by atoms with Gasteiger partial charge in [0.05, 0.1) is 12.1 Å². The van der Waals surface area contributed by atoms with Crippen LogP contribution in [0, 0.1) is 11.6 Å². The van der Waals surface area contributed by atoms with Crippen molar-refractivity contribution in [3.05, 3.63) is 130 Å². The predicted octanol–water partition coefficient (Wildman–Crippen LogP) is 7.71. The number of carbonyl (C=O) groups is 1. The number of aliphatic hydroxyl groups is 1. The number of ether oxygens (including phenoxy) is 1. The molecule has 4 aromatic carbocycles. The number of aromatic nitrogens is 1. The Morgan fingerprint density at radius 1 is 0.896 bits per heavy atom. The Labute approximate surface area is 278 Å². The van der Waals surface area contributed by atoms with Gasteiger partial charge in [-0.05, 0) is 83.1 Å². The van der Waals surface area contributed by atoms with Crippen LogP contribution < -0.4 is 15.4 Å². The van der Waals surface area contributed by atoms with Crippen molar-refractivity contribution in [3.8, 4) is 27.4 Å². The van der Waals surface area contributed by atoms with E-state index in [2.05, 4.69) is 33.3 Å². The van der Waals surface area contributed by atoms with Gasteiger partial charge in [-0.25, -0.2) is 13.8 Å². The average Bonchev–Trinajstić information content (AvgIpc) is 3.59. The topological polar surface area (TPSA) is 83.5 Å². The van der Waals surface area contributed by atoms with E-state index >= 15 is 0 Å². The summed E-state index contributed by atoms with van der Waals surface area (Å²) in [7, 11) is 0. The summed E-state index contributed by atoms with van der Waals surface area (Å²) in [6.07, 6.45) is -3.60. The van der Waals surface area contributed by atoms with Crippen molar-refractivity contribution in [1.29, 1.82) is 0 Å². The molecule has 5 aromatic rings. The van der Waals surface area contributed by atoms with E-state index in [1.807, 2.05) is 18.2 Å². The number of rotatable bonds is 13. The van der Waals surface area contributed by atoms with Gasteiger partial charge in [0.2, 0.25) is 0 Å². The van der Waals surface area contributed by atoms with Crippen molar-refractivity contribution in [3.63, 3.8) is 0 Å². The predicted molar refractivity (Wildman–Crippen MR) is 175 cm³/mol. The molecule has 250 valence electrons. The molecule has 0 unspecified atom stereocenters. The van der Waals surface area contributed by atoms with Crippen LogP contribution in [0.2, 0.25) is 0 Å². The zero-order chi connectivity index (χ0) is 34.3. The smallest absolute Gasteiger partial charge is 0.406 e. The van der Waals surface area contributed by atoms with Crippen molar-refractivity contribution in [2.24, 2.45) is 0 Å². The molecule has 0 aliphatic carbocycles. The van der Waals surface area contributed by atoms with Gasteiger partial charge in [-0.1, -0.05) is 43.3 Å². The molecule has 3 N–H and O–H groups in total. The van der Waals surface area contributed by atoms with Gasteiger partial charge in [0, 0.05) is 41.9 Å². The van der Waals surface area contributed by atoms with E-state index < -0.39 is 41.8 Å². The quantitative estimate of drug-likeness (QED) is 0.111. The van der Waals surface area contributed by atoms with Crippen molar-refractivity contribution in [2.45, 2.75) is 44.8 Å². The first-order valence-electron chi connectivity index (χ1n) is 15.1. The summed E-state index contributed by atoms with van der Waals surface area (Å²) in [5.41, 5.74) is 4.22. The Balaban J connectivity index is 1.40. The van der Waals surface area contributed by atoms with E-state index in [-0.39, 0.29) is 24.1 Å². The van der Waals surface area contributed by atoms with E-state index in [0.717, 1.165) is 35.7 Å². The number of aryl methyl sites for hydroxylation is 1. The monoisotopic (exact) mass is 681 g/mol.